The van der Waals surface area contributed by atoms with Crippen molar-refractivity contribution >= 4 is 32.3 Å². The Morgan fingerprint density at radius 3 is 2.45 bits per heavy atom. The van der Waals surface area contributed by atoms with Crippen molar-refractivity contribution < 1.29 is 16.8 Å². The van der Waals surface area contributed by atoms with Crippen LogP contribution in [0.2, 0.25) is 0 Å². The van der Waals surface area contributed by atoms with Crippen molar-refractivity contribution in [3.8, 4) is 0 Å². The number of nitrogens with zero attached hydrogens (tertiary/aromatic N) is 2. The molecule has 1 aliphatic heterocycles. The van der Waals surface area contributed by atoms with Crippen molar-refractivity contribution in [1.82, 2.24) is 9.29 Å². The molecule has 0 saturated carbocycles. The number of sulfone groups is 1. The Morgan fingerprint density at radius 1 is 1.27 bits per heavy atom. The summed E-state index contributed by atoms with van der Waals surface area (Å²) in [5, 5.41) is -0.143. The molecule has 1 saturated heterocycles. The summed E-state index contributed by atoms with van der Waals surface area (Å²) in [6.45, 7) is 0.701. The fourth-order valence-electron chi connectivity index (χ4n) is 2.40. The SMILES string of the molecule is CS(=O)(=O)c1ccc(S(=O)(=O)N2CCCCC2CN)cn1.Cl. The molecule has 7 nitrogen and oxygen atoms in total. The topological polar surface area (TPSA) is 110 Å². The fraction of sp³-hybridized carbons (Fsp3) is 0.583. The summed E-state index contributed by atoms with van der Waals surface area (Å²) < 4.78 is 49.3. The molecule has 0 amide bonds. The first-order valence-electron chi connectivity index (χ1n) is 6.65. The van der Waals surface area contributed by atoms with Crippen LogP contribution >= 0.6 is 12.4 Å². The minimum absolute atomic E-state index is 0. The van der Waals surface area contributed by atoms with Gasteiger partial charge >= 0.3 is 0 Å². The van der Waals surface area contributed by atoms with Crippen LogP contribution in [0.3, 0.4) is 0 Å². The Balaban J connectivity index is 0.00000242. The molecule has 1 aromatic rings. The molecule has 22 heavy (non-hydrogen) atoms. The molecule has 2 rings (SSSR count). The Labute approximate surface area is 137 Å². The number of sulfonamides is 1. The van der Waals surface area contributed by atoms with Gasteiger partial charge in [-0.3, -0.25) is 0 Å². The Bertz CT molecular complexity index is 704. The van der Waals surface area contributed by atoms with Gasteiger partial charge in [-0.05, 0) is 25.0 Å². The first-order valence-corrected chi connectivity index (χ1v) is 9.98. The van der Waals surface area contributed by atoms with E-state index in [-0.39, 0.29) is 34.9 Å². The van der Waals surface area contributed by atoms with Gasteiger partial charge in [0.15, 0.2) is 14.9 Å². The summed E-state index contributed by atoms with van der Waals surface area (Å²) in [5.74, 6) is 0. The monoisotopic (exact) mass is 369 g/mol. The second-order valence-electron chi connectivity index (χ2n) is 5.11. The molecule has 0 spiro atoms. The smallest absolute Gasteiger partial charge is 0.244 e. The van der Waals surface area contributed by atoms with E-state index in [9.17, 15) is 16.8 Å². The number of pyridine rings is 1. The molecule has 10 heteroatoms. The van der Waals surface area contributed by atoms with Crippen molar-refractivity contribution in [3.05, 3.63) is 18.3 Å². The molecule has 2 N–H and O–H groups in total. The zero-order valence-corrected chi connectivity index (χ0v) is 14.6. The summed E-state index contributed by atoms with van der Waals surface area (Å²) in [4.78, 5) is 3.73. The standard InChI is InChI=1S/C12H19N3O4S2.ClH/c1-20(16,17)12-6-5-11(9-14-12)21(18,19)15-7-3-2-4-10(15)8-13;/h5-6,9-10H,2-4,7-8,13H2,1H3;1H. The van der Waals surface area contributed by atoms with Crippen LogP contribution in [0.15, 0.2) is 28.3 Å². The van der Waals surface area contributed by atoms with Crippen molar-refractivity contribution in [3.63, 3.8) is 0 Å². The van der Waals surface area contributed by atoms with E-state index in [1.54, 1.807) is 0 Å². The molecule has 1 atom stereocenters. The number of hydrogen-bond donors (Lipinski definition) is 1. The molecule has 0 bridgehead atoms. The number of piperidine rings is 1. The normalized spacial score (nSPS) is 20.4. The maximum Gasteiger partial charge on any atom is 0.244 e. The van der Waals surface area contributed by atoms with E-state index in [0.29, 0.717) is 6.54 Å². The van der Waals surface area contributed by atoms with E-state index >= 15 is 0 Å². The number of halogens is 1. The van der Waals surface area contributed by atoms with E-state index in [1.165, 1.54) is 16.4 Å². The third-order valence-electron chi connectivity index (χ3n) is 3.54. The van der Waals surface area contributed by atoms with Gasteiger partial charge in [-0.1, -0.05) is 6.42 Å². The van der Waals surface area contributed by atoms with E-state index in [2.05, 4.69) is 4.98 Å². The predicted molar refractivity (Wildman–Crippen MR) is 85.2 cm³/mol. The lowest BCUT2D eigenvalue weighted by Gasteiger charge is -2.33. The third kappa shape index (κ3) is 3.96. The number of hydrogen-bond acceptors (Lipinski definition) is 6. The predicted octanol–water partition coefficient (Wildman–Crippen LogP) is 0.409. The van der Waals surface area contributed by atoms with Crippen LogP contribution in [0, 0.1) is 0 Å². The first-order chi connectivity index (χ1) is 9.76. The van der Waals surface area contributed by atoms with Crippen molar-refractivity contribution in [2.45, 2.75) is 35.2 Å². The fourth-order valence-corrected chi connectivity index (χ4v) is 4.61. The van der Waals surface area contributed by atoms with Gasteiger partial charge < -0.3 is 5.73 Å². The van der Waals surface area contributed by atoms with Gasteiger partial charge in [-0.15, -0.1) is 12.4 Å². The quantitative estimate of drug-likeness (QED) is 0.822. The summed E-state index contributed by atoms with van der Waals surface area (Å²) in [6, 6.07) is 2.28. The Morgan fingerprint density at radius 2 is 1.95 bits per heavy atom. The lowest BCUT2D eigenvalue weighted by molar-refractivity contribution is 0.257. The average molecular weight is 370 g/mol. The van der Waals surface area contributed by atoms with E-state index in [1.807, 2.05) is 0 Å². The van der Waals surface area contributed by atoms with Gasteiger partial charge in [0.2, 0.25) is 10.0 Å². The average Bonchev–Trinajstić information content (AvgIpc) is 2.46. The van der Waals surface area contributed by atoms with Crippen molar-refractivity contribution in [2.24, 2.45) is 5.73 Å². The first kappa shape index (κ1) is 19.3. The molecule has 0 aromatic carbocycles. The van der Waals surface area contributed by atoms with Gasteiger partial charge in [0.25, 0.3) is 0 Å². The van der Waals surface area contributed by atoms with Gasteiger partial charge in [0.05, 0.1) is 0 Å². The van der Waals surface area contributed by atoms with Crippen LogP contribution in [0.4, 0.5) is 0 Å². The van der Waals surface area contributed by atoms with Gasteiger partial charge in [0, 0.05) is 31.6 Å². The zero-order chi connectivity index (χ0) is 15.7. The molecule has 0 radical (unpaired) electrons. The molecule has 1 fully saturated rings. The molecule has 1 aliphatic rings. The van der Waals surface area contributed by atoms with Gasteiger partial charge in [-0.25, -0.2) is 21.8 Å². The highest BCUT2D eigenvalue weighted by molar-refractivity contribution is 7.90. The largest absolute Gasteiger partial charge is 0.329 e. The lowest BCUT2D eigenvalue weighted by Crippen LogP contribution is -2.47. The summed E-state index contributed by atoms with van der Waals surface area (Å²) in [7, 11) is -7.13. The van der Waals surface area contributed by atoms with Crippen LogP contribution in [-0.2, 0) is 19.9 Å². The van der Waals surface area contributed by atoms with Crippen LogP contribution in [-0.4, -0.2) is 51.5 Å². The molecule has 1 unspecified atom stereocenters. The van der Waals surface area contributed by atoms with E-state index in [0.717, 1.165) is 31.7 Å². The number of nitrogens with two attached hydrogens (primary N) is 1. The highest BCUT2D eigenvalue weighted by Crippen LogP contribution is 2.24. The molecule has 0 aliphatic carbocycles. The molecule has 2 heterocycles. The lowest BCUT2D eigenvalue weighted by atomic mass is 10.1. The molecule has 1 aromatic heterocycles. The van der Waals surface area contributed by atoms with Crippen molar-refractivity contribution in [1.29, 1.82) is 0 Å². The Kier molecular flexibility index (Phi) is 6.34. The summed E-state index contributed by atoms with van der Waals surface area (Å²) in [6.07, 6.45) is 4.61. The highest BCUT2D eigenvalue weighted by atomic mass is 35.5. The van der Waals surface area contributed by atoms with Gasteiger partial charge in [0.1, 0.15) is 4.90 Å². The minimum Gasteiger partial charge on any atom is -0.329 e. The van der Waals surface area contributed by atoms with Crippen LogP contribution in [0.25, 0.3) is 0 Å². The maximum absolute atomic E-state index is 12.6. The van der Waals surface area contributed by atoms with Crippen LogP contribution < -0.4 is 5.73 Å². The second-order valence-corrected chi connectivity index (χ2v) is 8.96. The summed E-state index contributed by atoms with van der Waals surface area (Å²) in [5.41, 5.74) is 5.65. The molecular weight excluding hydrogens is 350 g/mol. The van der Waals surface area contributed by atoms with E-state index < -0.39 is 19.9 Å². The second kappa shape index (κ2) is 7.22. The Hall–Kier alpha value is -0.740. The maximum atomic E-state index is 12.6. The van der Waals surface area contributed by atoms with Gasteiger partial charge in [-0.2, -0.15) is 4.31 Å². The van der Waals surface area contributed by atoms with Crippen LogP contribution in [0.1, 0.15) is 19.3 Å². The summed E-state index contributed by atoms with van der Waals surface area (Å²) >= 11 is 0. The molecule has 126 valence electrons. The highest BCUT2D eigenvalue weighted by Gasteiger charge is 2.33. The number of aromatic nitrogens is 1. The minimum atomic E-state index is -3.69. The zero-order valence-electron chi connectivity index (χ0n) is 12.2. The third-order valence-corrected chi connectivity index (χ3v) is 6.48. The number of rotatable bonds is 4. The van der Waals surface area contributed by atoms with Crippen LogP contribution in [0.5, 0.6) is 0 Å². The molecular formula is C12H20ClN3O4S2. The van der Waals surface area contributed by atoms with Crippen molar-refractivity contribution in [2.75, 3.05) is 19.3 Å². The van der Waals surface area contributed by atoms with E-state index in [4.69, 9.17) is 5.73 Å².